The fourth-order valence-corrected chi connectivity index (χ4v) is 2.39. The van der Waals surface area contributed by atoms with Crippen LogP contribution in [-0.2, 0) is 0 Å². The number of fused-ring (bicyclic) bond motifs is 1. The van der Waals surface area contributed by atoms with Gasteiger partial charge >= 0.3 is 0 Å². The van der Waals surface area contributed by atoms with Crippen molar-refractivity contribution in [2.24, 2.45) is 23.4 Å². The number of allylic oxidation sites excluding steroid dienone is 2. The molecule has 0 amide bonds. The summed E-state index contributed by atoms with van der Waals surface area (Å²) in [5.41, 5.74) is 8.16. The van der Waals surface area contributed by atoms with Crippen LogP contribution in [0.3, 0.4) is 0 Å². The third-order valence-electron chi connectivity index (χ3n) is 3.40. The number of nitrogens with zero attached hydrogens (tertiary/aromatic N) is 1. The Hall–Kier alpha value is -0.700. The minimum Gasteiger partial charge on any atom is -0.401 e. The normalized spacial score (nSPS) is 34.1. The number of rotatable bonds is 1. The molecule has 4 N–H and O–H groups in total. The summed E-state index contributed by atoms with van der Waals surface area (Å²) in [6.45, 7) is 4.00. The van der Waals surface area contributed by atoms with Gasteiger partial charge in [0.1, 0.15) is 0 Å². The molecule has 0 aromatic heterocycles. The molecule has 0 heterocycles. The predicted octanol–water partition coefficient (Wildman–Crippen LogP) is 2.20. The molecule has 3 nitrogen and oxygen atoms in total. The van der Waals surface area contributed by atoms with Crippen LogP contribution in [0.4, 0.5) is 0 Å². The molecule has 0 radical (unpaired) electrons. The fraction of sp³-hybridized carbons (Fsp3) is 0.833. The van der Waals surface area contributed by atoms with Gasteiger partial charge in [-0.15, -0.1) is 0 Å². The summed E-state index contributed by atoms with van der Waals surface area (Å²) in [4.78, 5) is 0. The Morgan fingerprint density at radius 3 is 2.20 bits per heavy atom. The van der Waals surface area contributed by atoms with Crippen LogP contribution >= 0.6 is 0 Å². The SMILES string of the molecule is CC.CN(N)/C1=C(\N)CCC2CC2CC1. The van der Waals surface area contributed by atoms with E-state index in [4.69, 9.17) is 11.6 Å². The molecule has 2 aliphatic rings. The molecule has 15 heavy (non-hydrogen) atoms. The number of hydrazine groups is 1. The first-order valence-corrected chi connectivity index (χ1v) is 6.14. The van der Waals surface area contributed by atoms with Gasteiger partial charge in [-0.25, -0.2) is 5.84 Å². The summed E-state index contributed by atoms with van der Waals surface area (Å²) in [6, 6.07) is 0. The number of hydrogen-bond acceptors (Lipinski definition) is 3. The number of hydrogen-bond donors (Lipinski definition) is 2. The Balaban J connectivity index is 0.000000531. The van der Waals surface area contributed by atoms with Gasteiger partial charge < -0.3 is 10.7 Å². The topological polar surface area (TPSA) is 55.3 Å². The highest BCUT2D eigenvalue weighted by atomic mass is 15.4. The lowest BCUT2D eigenvalue weighted by molar-refractivity contribution is 0.394. The van der Waals surface area contributed by atoms with Crippen LogP contribution in [0.15, 0.2) is 11.4 Å². The summed E-state index contributed by atoms with van der Waals surface area (Å²) in [5.74, 6) is 7.68. The first-order chi connectivity index (χ1) is 7.18. The second-order valence-electron chi connectivity index (χ2n) is 4.42. The van der Waals surface area contributed by atoms with Crippen LogP contribution in [-0.4, -0.2) is 12.1 Å². The standard InChI is InChI=1S/C10H19N3.C2H6/c1-13(12)10-5-3-8-6-7(8)2-4-9(10)11;1-2/h7-8H,2-6,11-12H2,1H3;1-2H3/b10-9-;. The third-order valence-corrected chi connectivity index (χ3v) is 3.40. The van der Waals surface area contributed by atoms with E-state index in [1.807, 2.05) is 20.9 Å². The van der Waals surface area contributed by atoms with E-state index >= 15 is 0 Å². The molecule has 0 aromatic carbocycles. The molecule has 3 heteroatoms. The average molecular weight is 211 g/mol. The summed E-state index contributed by atoms with van der Waals surface area (Å²) < 4.78 is 0. The van der Waals surface area contributed by atoms with Gasteiger partial charge in [-0.1, -0.05) is 13.8 Å². The molecular weight excluding hydrogens is 186 g/mol. The van der Waals surface area contributed by atoms with E-state index in [1.165, 1.54) is 19.3 Å². The molecule has 88 valence electrons. The van der Waals surface area contributed by atoms with Crippen molar-refractivity contribution in [1.82, 2.24) is 5.01 Å². The van der Waals surface area contributed by atoms with Gasteiger partial charge in [0.15, 0.2) is 0 Å². The van der Waals surface area contributed by atoms with Crippen molar-refractivity contribution in [3.63, 3.8) is 0 Å². The van der Waals surface area contributed by atoms with E-state index in [-0.39, 0.29) is 0 Å². The van der Waals surface area contributed by atoms with Crippen LogP contribution < -0.4 is 11.6 Å². The molecule has 2 atom stereocenters. The molecule has 1 fully saturated rings. The Labute approximate surface area is 93.5 Å². The minimum atomic E-state index is 0.975. The zero-order valence-corrected chi connectivity index (χ0v) is 10.3. The van der Waals surface area contributed by atoms with Gasteiger partial charge in [0.2, 0.25) is 0 Å². The Morgan fingerprint density at radius 2 is 1.67 bits per heavy atom. The largest absolute Gasteiger partial charge is 0.401 e. The van der Waals surface area contributed by atoms with Crippen LogP contribution in [0.2, 0.25) is 0 Å². The summed E-state index contributed by atoms with van der Waals surface area (Å²) in [5, 5.41) is 1.69. The second kappa shape index (κ2) is 5.40. The zero-order chi connectivity index (χ0) is 11.4. The van der Waals surface area contributed by atoms with Gasteiger partial charge in [0.05, 0.1) is 0 Å². The molecule has 0 bridgehead atoms. The lowest BCUT2D eigenvalue weighted by atomic mass is 10.0. The third kappa shape index (κ3) is 3.13. The maximum absolute atomic E-state index is 5.99. The smallest absolute Gasteiger partial charge is 0.0475 e. The van der Waals surface area contributed by atoms with Crippen molar-refractivity contribution in [1.29, 1.82) is 0 Å². The monoisotopic (exact) mass is 211 g/mol. The van der Waals surface area contributed by atoms with Crippen molar-refractivity contribution in [2.45, 2.75) is 46.0 Å². The lowest BCUT2D eigenvalue weighted by Crippen LogP contribution is -2.28. The Morgan fingerprint density at radius 1 is 1.13 bits per heavy atom. The quantitative estimate of drug-likeness (QED) is 0.516. The second-order valence-corrected chi connectivity index (χ2v) is 4.42. The highest BCUT2D eigenvalue weighted by molar-refractivity contribution is 5.12. The van der Waals surface area contributed by atoms with Crippen LogP contribution in [0.25, 0.3) is 0 Å². The Bertz CT molecular complexity index is 233. The summed E-state index contributed by atoms with van der Waals surface area (Å²) >= 11 is 0. The van der Waals surface area contributed by atoms with Gasteiger partial charge in [0, 0.05) is 18.4 Å². The maximum Gasteiger partial charge on any atom is 0.0475 e. The van der Waals surface area contributed by atoms with Crippen molar-refractivity contribution in [3.05, 3.63) is 11.4 Å². The Kier molecular flexibility index (Phi) is 4.45. The van der Waals surface area contributed by atoms with Crippen molar-refractivity contribution in [3.8, 4) is 0 Å². The van der Waals surface area contributed by atoms with E-state index in [1.54, 1.807) is 5.01 Å². The zero-order valence-electron chi connectivity index (χ0n) is 10.3. The van der Waals surface area contributed by atoms with Gasteiger partial charge in [-0.05, 0) is 43.9 Å². The summed E-state index contributed by atoms with van der Waals surface area (Å²) in [7, 11) is 1.88. The first-order valence-electron chi connectivity index (χ1n) is 6.14. The van der Waals surface area contributed by atoms with Crippen molar-refractivity contribution < 1.29 is 0 Å². The molecule has 2 rings (SSSR count). The molecule has 0 saturated heterocycles. The molecule has 0 aliphatic heterocycles. The predicted molar refractivity (Wildman–Crippen MR) is 64.6 cm³/mol. The minimum absolute atomic E-state index is 0.975. The lowest BCUT2D eigenvalue weighted by Gasteiger charge is -2.21. The highest BCUT2D eigenvalue weighted by Crippen LogP contribution is 2.47. The van der Waals surface area contributed by atoms with Gasteiger partial charge in [-0.3, -0.25) is 0 Å². The van der Waals surface area contributed by atoms with E-state index < -0.39 is 0 Å². The molecule has 1 saturated carbocycles. The molecule has 2 unspecified atom stereocenters. The van der Waals surface area contributed by atoms with Crippen molar-refractivity contribution >= 4 is 0 Å². The van der Waals surface area contributed by atoms with E-state index in [0.717, 1.165) is 36.1 Å². The summed E-state index contributed by atoms with van der Waals surface area (Å²) in [6.07, 6.45) is 6.09. The maximum atomic E-state index is 5.99. The van der Waals surface area contributed by atoms with E-state index in [0.29, 0.717) is 0 Å². The van der Waals surface area contributed by atoms with Crippen LogP contribution in [0, 0.1) is 11.8 Å². The van der Waals surface area contributed by atoms with Gasteiger partial charge in [0.25, 0.3) is 0 Å². The molecular formula is C12H25N3. The average Bonchev–Trinajstić information content (AvgIpc) is 2.93. The molecule has 0 aromatic rings. The first kappa shape index (κ1) is 12.4. The number of nitrogens with two attached hydrogens (primary N) is 2. The van der Waals surface area contributed by atoms with Crippen LogP contribution in [0.5, 0.6) is 0 Å². The van der Waals surface area contributed by atoms with Gasteiger partial charge in [-0.2, -0.15) is 0 Å². The van der Waals surface area contributed by atoms with E-state index in [2.05, 4.69) is 0 Å². The van der Waals surface area contributed by atoms with Crippen LogP contribution in [0.1, 0.15) is 46.0 Å². The van der Waals surface area contributed by atoms with Crippen molar-refractivity contribution in [2.75, 3.05) is 7.05 Å². The highest BCUT2D eigenvalue weighted by Gasteiger charge is 2.37. The fourth-order valence-electron chi connectivity index (χ4n) is 2.39. The molecule has 2 aliphatic carbocycles. The molecule has 0 spiro atoms. The van der Waals surface area contributed by atoms with E-state index in [9.17, 15) is 0 Å².